The maximum Gasteiger partial charge on any atom is 0.214 e. The van der Waals surface area contributed by atoms with Crippen molar-refractivity contribution in [3.05, 3.63) is 11.4 Å². The zero-order chi connectivity index (χ0) is 12.0. The van der Waals surface area contributed by atoms with Gasteiger partial charge in [-0.1, -0.05) is 5.22 Å². The average molecular weight is 242 g/mol. The van der Waals surface area contributed by atoms with Crippen LogP contribution in [-0.4, -0.2) is 43.8 Å². The molecule has 0 aliphatic carbocycles. The third-order valence-electron chi connectivity index (χ3n) is 1.69. The summed E-state index contributed by atoms with van der Waals surface area (Å²) < 4.78 is 0. The number of aliphatic hydroxyl groups excluding tert-OH is 1. The fourth-order valence-corrected chi connectivity index (χ4v) is 1.86. The fourth-order valence-electron chi connectivity index (χ4n) is 1.03. The standard InChI is InChI=1S/C9H14N4O2S/c1-12(2)11-10-8-3-6-16-9(8)13(7-15)4-5-14/h3,6-7,14H,4-5H2,1-2H3. The van der Waals surface area contributed by atoms with Crippen molar-refractivity contribution < 1.29 is 9.90 Å². The minimum Gasteiger partial charge on any atom is -0.395 e. The van der Waals surface area contributed by atoms with Crippen LogP contribution in [-0.2, 0) is 4.79 Å². The lowest BCUT2D eigenvalue weighted by Crippen LogP contribution is -2.23. The summed E-state index contributed by atoms with van der Waals surface area (Å²) in [7, 11) is 3.53. The highest BCUT2D eigenvalue weighted by Gasteiger charge is 2.11. The number of rotatable bonds is 6. The van der Waals surface area contributed by atoms with Gasteiger partial charge >= 0.3 is 0 Å². The largest absolute Gasteiger partial charge is 0.395 e. The van der Waals surface area contributed by atoms with Crippen molar-refractivity contribution in [1.82, 2.24) is 5.01 Å². The number of hydrogen-bond donors (Lipinski definition) is 1. The third kappa shape index (κ3) is 3.28. The van der Waals surface area contributed by atoms with Gasteiger partial charge in [0.1, 0.15) is 10.7 Å². The van der Waals surface area contributed by atoms with Crippen LogP contribution in [0.5, 0.6) is 0 Å². The summed E-state index contributed by atoms with van der Waals surface area (Å²) >= 11 is 1.39. The molecule has 1 heterocycles. The Kier molecular flexibility index (Phi) is 4.87. The van der Waals surface area contributed by atoms with E-state index in [1.54, 1.807) is 25.2 Å². The maximum atomic E-state index is 10.8. The molecule has 1 aromatic rings. The molecule has 1 rings (SSSR count). The molecule has 0 aliphatic heterocycles. The molecule has 6 nitrogen and oxygen atoms in total. The van der Waals surface area contributed by atoms with Crippen molar-refractivity contribution in [2.24, 2.45) is 10.3 Å². The van der Waals surface area contributed by atoms with E-state index in [0.29, 0.717) is 17.1 Å². The van der Waals surface area contributed by atoms with Gasteiger partial charge in [0.2, 0.25) is 6.41 Å². The SMILES string of the molecule is CN(C)N=Nc1ccsc1N(C=O)CCO. The first kappa shape index (κ1) is 12.6. The highest BCUT2D eigenvalue weighted by Crippen LogP contribution is 2.34. The first-order valence-electron chi connectivity index (χ1n) is 4.68. The van der Waals surface area contributed by atoms with Gasteiger partial charge < -0.3 is 10.0 Å². The van der Waals surface area contributed by atoms with Crippen LogP contribution in [0.2, 0.25) is 0 Å². The molecule has 0 unspecified atom stereocenters. The first-order valence-corrected chi connectivity index (χ1v) is 5.56. The van der Waals surface area contributed by atoms with Crippen molar-refractivity contribution in [1.29, 1.82) is 0 Å². The molecule has 0 fully saturated rings. The molecule has 88 valence electrons. The molecular weight excluding hydrogens is 228 g/mol. The smallest absolute Gasteiger partial charge is 0.214 e. The van der Waals surface area contributed by atoms with Gasteiger partial charge in [-0.05, 0) is 11.4 Å². The van der Waals surface area contributed by atoms with E-state index in [9.17, 15) is 4.79 Å². The van der Waals surface area contributed by atoms with Crippen molar-refractivity contribution in [2.45, 2.75) is 0 Å². The lowest BCUT2D eigenvalue weighted by Gasteiger charge is -2.13. The van der Waals surface area contributed by atoms with Gasteiger partial charge in [0, 0.05) is 20.6 Å². The van der Waals surface area contributed by atoms with Crippen LogP contribution in [0.3, 0.4) is 0 Å². The monoisotopic (exact) mass is 242 g/mol. The van der Waals surface area contributed by atoms with E-state index in [-0.39, 0.29) is 13.2 Å². The number of carbonyl (C=O) groups is 1. The predicted octanol–water partition coefficient (Wildman–Crippen LogP) is 1.26. The van der Waals surface area contributed by atoms with Crippen molar-refractivity contribution >= 4 is 28.4 Å². The minimum absolute atomic E-state index is 0.0824. The number of amides is 1. The number of thiophene rings is 1. The van der Waals surface area contributed by atoms with E-state index in [0.717, 1.165) is 0 Å². The van der Waals surface area contributed by atoms with E-state index < -0.39 is 0 Å². The molecule has 0 saturated heterocycles. The maximum absolute atomic E-state index is 10.8. The molecule has 0 atom stereocenters. The van der Waals surface area contributed by atoms with Crippen LogP contribution in [0.25, 0.3) is 0 Å². The first-order chi connectivity index (χ1) is 7.69. The molecule has 0 saturated carbocycles. The van der Waals surface area contributed by atoms with Crippen LogP contribution < -0.4 is 4.90 Å². The second-order valence-corrected chi connectivity index (χ2v) is 4.06. The van der Waals surface area contributed by atoms with Crippen LogP contribution in [0.4, 0.5) is 10.7 Å². The zero-order valence-corrected chi connectivity index (χ0v) is 10.0. The Morgan fingerprint density at radius 3 is 2.88 bits per heavy atom. The number of carbonyl (C=O) groups excluding carboxylic acids is 1. The van der Waals surface area contributed by atoms with Crippen LogP contribution in [0, 0.1) is 0 Å². The van der Waals surface area contributed by atoms with Crippen LogP contribution in [0.1, 0.15) is 0 Å². The Bertz CT molecular complexity index is 364. The summed E-state index contributed by atoms with van der Waals surface area (Å²) in [6, 6.07) is 1.78. The van der Waals surface area contributed by atoms with Crippen molar-refractivity contribution in [2.75, 3.05) is 32.1 Å². The molecule has 0 spiro atoms. The summed E-state index contributed by atoms with van der Waals surface area (Å²) in [6.45, 7) is 0.176. The van der Waals surface area contributed by atoms with Crippen LogP contribution in [0.15, 0.2) is 21.8 Å². The van der Waals surface area contributed by atoms with Gasteiger partial charge in [-0.2, -0.15) is 0 Å². The van der Waals surface area contributed by atoms with Crippen molar-refractivity contribution in [3.8, 4) is 0 Å². The third-order valence-corrected chi connectivity index (χ3v) is 2.62. The quantitative estimate of drug-likeness (QED) is 0.464. The molecule has 1 amide bonds. The van der Waals surface area contributed by atoms with Gasteiger partial charge in [-0.3, -0.25) is 9.80 Å². The second kappa shape index (κ2) is 6.19. The topological polar surface area (TPSA) is 68.5 Å². The molecule has 0 aliphatic rings. The molecule has 7 heteroatoms. The van der Waals surface area contributed by atoms with Gasteiger partial charge in [0.05, 0.1) is 6.61 Å². The Balaban J connectivity index is 2.87. The van der Waals surface area contributed by atoms with E-state index in [2.05, 4.69) is 10.3 Å². The summed E-state index contributed by atoms with van der Waals surface area (Å²) in [5.74, 6) is 0. The minimum atomic E-state index is -0.0824. The van der Waals surface area contributed by atoms with Gasteiger partial charge in [0.15, 0.2) is 0 Å². The molecule has 1 aromatic heterocycles. The number of hydrogen-bond acceptors (Lipinski definition) is 5. The number of aliphatic hydroxyl groups is 1. The number of nitrogens with zero attached hydrogens (tertiary/aromatic N) is 4. The highest BCUT2D eigenvalue weighted by molar-refractivity contribution is 7.15. The molecule has 0 aromatic carbocycles. The Hall–Kier alpha value is -1.47. The lowest BCUT2D eigenvalue weighted by atomic mass is 10.4. The normalized spacial score (nSPS) is 10.7. The van der Waals surface area contributed by atoms with E-state index >= 15 is 0 Å². The summed E-state index contributed by atoms with van der Waals surface area (Å²) in [5, 5.41) is 20.8. The molecular formula is C9H14N4O2S. The van der Waals surface area contributed by atoms with E-state index in [4.69, 9.17) is 5.11 Å². The summed E-state index contributed by atoms with van der Waals surface area (Å²) in [6.07, 6.45) is 0.677. The Labute approximate surface area is 97.8 Å². The predicted molar refractivity (Wildman–Crippen MR) is 63.0 cm³/mol. The fraction of sp³-hybridized carbons (Fsp3) is 0.444. The Morgan fingerprint density at radius 1 is 1.56 bits per heavy atom. The second-order valence-electron chi connectivity index (χ2n) is 3.17. The molecule has 16 heavy (non-hydrogen) atoms. The highest BCUT2D eigenvalue weighted by atomic mass is 32.1. The molecule has 0 radical (unpaired) electrons. The average Bonchev–Trinajstić information content (AvgIpc) is 2.71. The van der Waals surface area contributed by atoms with Gasteiger partial charge in [0.25, 0.3) is 0 Å². The summed E-state index contributed by atoms with van der Waals surface area (Å²) in [4.78, 5) is 12.2. The van der Waals surface area contributed by atoms with E-state index in [1.807, 2.05) is 5.38 Å². The van der Waals surface area contributed by atoms with Gasteiger partial charge in [-0.15, -0.1) is 16.5 Å². The lowest BCUT2D eigenvalue weighted by molar-refractivity contribution is -0.107. The Morgan fingerprint density at radius 2 is 2.31 bits per heavy atom. The van der Waals surface area contributed by atoms with Crippen LogP contribution >= 0.6 is 11.3 Å². The van der Waals surface area contributed by atoms with Crippen molar-refractivity contribution in [3.63, 3.8) is 0 Å². The summed E-state index contributed by atoms with van der Waals surface area (Å²) in [5.41, 5.74) is 0.624. The number of anilines is 1. The van der Waals surface area contributed by atoms with Gasteiger partial charge in [-0.25, -0.2) is 0 Å². The zero-order valence-electron chi connectivity index (χ0n) is 9.20. The molecule has 0 bridgehead atoms. The molecule has 1 N–H and O–H groups in total. The van der Waals surface area contributed by atoms with E-state index in [1.165, 1.54) is 16.2 Å².